The highest BCUT2D eigenvalue weighted by atomic mass is 19.1. The van der Waals surface area contributed by atoms with E-state index in [2.05, 4.69) is 5.32 Å². The van der Waals surface area contributed by atoms with Crippen LogP contribution in [0.3, 0.4) is 0 Å². The van der Waals surface area contributed by atoms with Crippen LogP contribution in [-0.2, 0) is 0 Å². The lowest BCUT2D eigenvalue weighted by Gasteiger charge is -2.18. The molecule has 0 heterocycles. The van der Waals surface area contributed by atoms with Gasteiger partial charge in [0.25, 0.3) is 0 Å². The predicted molar refractivity (Wildman–Crippen MR) is 71.3 cm³/mol. The van der Waals surface area contributed by atoms with Crippen LogP contribution in [0, 0.1) is 11.7 Å². The van der Waals surface area contributed by atoms with Crippen molar-refractivity contribution in [1.29, 1.82) is 0 Å². The van der Waals surface area contributed by atoms with Gasteiger partial charge in [0.2, 0.25) is 0 Å². The van der Waals surface area contributed by atoms with E-state index in [0.29, 0.717) is 11.3 Å². The van der Waals surface area contributed by atoms with Crippen molar-refractivity contribution < 1.29 is 9.13 Å². The molecule has 18 heavy (non-hydrogen) atoms. The van der Waals surface area contributed by atoms with E-state index in [4.69, 9.17) is 4.74 Å². The zero-order valence-electron chi connectivity index (χ0n) is 11.2. The Morgan fingerprint density at radius 1 is 1.39 bits per heavy atom. The third-order valence-corrected chi connectivity index (χ3v) is 3.86. The quantitative estimate of drug-likeness (QED) is 0.862. The molecule has 0 amide bonds. The van der Waals surface area contributed by atoms with Crippen molar-refractivity contribution in [2.45, 2.75) is 38.6 Å². The third kappa shape index (κ3) is 3.22. The number of hydrogen-bond donors (Lipinski definition) is 1. The van der Waals surface area contributed by atoms with Crippen molar-refractivity contribution in [2.24, 2.45) is 5.92 Å². The van der Waals surface area contributed by atoms with E-state index in [1.807, 2.05) is 13.0 Å². The molecular formula is C15H22FNO. The smallest absolute Gasteiger partial charge is 0.131 e. The third-order valence-electron chi connectivity index (χ3n) is 3.86. The molecule has 0 spiro atoms. The van der Waals surface area contributed by atoms with Crippen LogP contribution in [0.1, 0.15) is 44.2 Å². The lowest BCUT2D eigenvalue weighted by atomic mass is 10.0. The van der Waals surface area contributed by atoms with Crippen LogP contribution in [0.5, 0.6) is 5.75 Å². The highest BCUT2D eigenvalue weighted by Gasteiger charge is 2.17. The highest BCUT2D eigenvalue weighted by Crippen LogP contribution is 2.26. The minimum atomic E-state index is -0.194. The molecule has 0 bridgehead atoms. The van der Waals surface area contributed by atoms with Crippen molar-refractivity contribution in [3.05, 3.63) is 29.6 Å². The maximum absolute atomic E-state index is 13.9. The van der Waals surface area contributed by atoms with E-state index in [0.717, 1.165) is 12.5 Å². The Balaban J connectivity index is 1.93. The predicted octanol–water partition coefficient (Wildman–Crippen LogP) is 3.68. The first-order chi connectivity index (χ1) is 8.70. The summed E-state index contributed by atoms with van der Waals surface area (Å²) in [4.78, 5) is 0. The normalized spacial score (nSPS) is 17.9. The maximum atomic E-state index is 13.9. The minimum Gasteiger partial charge on any atom is -0.497 e. The van der Waals surface area contributed by atoms with Gasteiger partial charge in [0.05, 0.1) is 7.11 Å². The molecule has 1 fully saturated rings. The lowest BCUT2D eigenvalue weighted by Crippen LogP contribution is -2.25. The molecule has 0 saturated heterocycles. The van der Waals surface area contributed by atoms with Crippen LogP contribution in [0.25, 0.3) is 0 Å². The number of halogens is 1. The van der Waals surface area contributed by atoms with Crippen LogP contribution in [0.2, 0.25) is 0 Å². The molecule has 1 atom stereocenters. The minimum absolute atomic E-state index is 0.0523. The molecular weight excluding hydrogens is 229 g/mol. The molecule has 1 unspecified atom stereocenters. The van der Waals surface area contributed by atoms with Gasteiger partial charge in [-0.25, -0.2) is 4.39 Å². The van der Waals surface area contributed by atoms with Crippen molar-refractivity contribution >= 4 is 0 Å². The van der Waals surface area contributed by atoms with Crippen LogP contribution < -0.4 is 10.1 Å². The summed E-state index contributed by atoms with van der Waals surface area (Å²) in [6, 6.07) is 5.12. The first-order valence-corrected chi connectivity index (χ1v) is 6.77. The van der Waals surface area contributed by atoms with Crippen molar-refractivity contribution in [2.75, 3.05) is 13.7 Å². The Morgan fingerprint density at radius 3 is 2.72 bits per heavy atom. The molecule has 1 N–H and O–H groups in total. The second kappa shape index (κ2) is 6.19. The zero-order chi connectivity index (χ0) is 13.0. The van der Waals surface area contributed by atoms with E-state index in [1.54, 1.807) is 13.2 Å². The molecule has 0 aliphatic heterocycles. The van der Waals surface area contributed by atoms with Gasteiger partial charge in [-0.05, 0) is 38.3 Å². The molecule has 1 aromatic rings. The number of hydrogen-bond acceptors (Lipinski definition) is 2. The summed E-state index contributed by atoms with van der Waals surface area (Å²) in [7, 11) is 1.55. The number of rotatable bonds is 5. The number of methoxy groups -OCH3 is 1. The second-order valence-electron chi connectivity index (χ2n) is 5.17. The maximum Gasteiger partial charge on any atom is 0.131 e. The summed E-state index contributed by atoms with van der Waals surface area (Å²) in [5.41, 5.74) is 0.716. The zero-order valence-corrected chi connectivity index (χ0v) is 11.2. The van der Waals surface area contributed by atoms with Gasteiger partial charge >= 0.3 is 0 Å². The Morgan fingerprint density at radius 2 is 2.11 bits per heavy atom. The molecule has 1 aliphatic carbocycles. The summed E-state index contributed by atoms with van der Waals surface area (Å²) in [6.07, 6.45) is 5.31. The van der Waals surface area contributed by atoms with Gasteiger partial charge in [0, 0.05) is 17.7 Å². The summed E-state index contributed by atoms with van der Waals surface area (Å²) in [5.74, 6) is 1.15. The Hall–Kier alpha value is -1.09. The van der Waals surface area contributed by atoms with Crippen LogP contribution in [0.15, 0.2) is 18.2 Å². The fourth-order valence-electron chi connectivity index (χ4n) is 2.65. The molecule has 1 aliphatic rings. The Labute approximate surface area is 109 Å². The fraction of sp³-hybridized carbons (Fsp3) is 0.600. The molecule has 1 saturated carbocycles. The number of nitrogens with one attached hydrogen (secondary N) is 1. The standard InChI is InChI=1S/C15H22FNO/c1-11(17-10-12-5-3-4-6-12)14-8-7-13(18-2)9-15(14)16/h7-9,11-12,17H,3-6,10H2,1-2H3. The van der Waals surface area contributed by atoms with Crippen molar-refractivity contribution in [3.63, 3.8) is 0 Å². The second-order valence-corrected chi connectivity index (χ2v) is 5.17. The van der Waals surface area contributed by atoms with Crippen molar-refractivity contribution in [1.82, 2.24) is 5.32 Å². The van der Waals surface area contributed by atoms with E-state index < -0.39 is 0 Å². The average Bonchev–Trinajstić information content (AvgIpc) is 2.88. The van der Waals surface area contributed by atoms with E-state index in [9.17, 15) is 4.39 Å². The molecule has 0 aromatic heterocycles. The van der Waals surface area contributed by atoms with Gasteiger partial charge in [-0.1, -0.05) is 18.9 Å². The Kier molecular flexibility index (Phi) is 4.59. The summed E-state index contributed by atoms with van der Waals surface area (Å²) in [6.45, 7) is 3.01. The molecule has 3 heteroatoms. The van der Waals surface area contributed by atoms with Gasteiger partial charge in [0.15, 0.2) is 0 Å². The monoisotopic (exact) mass is 251 g/mol. The number of ether oxygens (including phenoxy) is 1. The van der Waals surface area contributed by atoms with Crippen LogP contribution in [0.4, 0.5) is 4.39 Å². The first kappa shape index (κ1) is 13.3. The molecule has 0 radical (unpaired) electrons. The largest absolute Gasteiger partial charge is 0.497 e. The van der Waals surface area contributed by atoms with Crippen LogP contribution >= 0.6 is 0 Å². The van der Waals surface area contributed by atoms with Gasteiger partial charge in [-0.2, -0.15) is 0 Å². The van der Waals surface area contributed by atoms with Gasteiger partial charge in [-0.3, -0.25) is 0 Å². The van der Waals surface area contributed by atoms with Crippen molar-refractivity contribution in [3.8, 4) is 5.75 Å². The topological polar surface area (TPSA) is 21.3 Å². The fourth-order valence-corrected chi connectivity index (χ4v) is 2.65. The summed E-state index contributed by atoms with van der Waals surface area (Å²) < 4.78 is 18.9. The summed E-state index contributed by atoms with van der Waals surface area (Å²) in [5, 5.41) is 3.44. The van der Waals surface area contributed by atoms with E-state index >= 15 is 0 Å². The molecule has 100 valence electrons. The molecule has 2 nitrogen and oxygen atoms in total. The van der Waals surface area contributed by atoms with Gasteiger partial charge in [0.1, 0.15) is 11.6 Å². The van der Waals surface area contributed by atoms with E-state index in [1.165, 1.54) is 31.7 Å². The highest BCUT2D eigenvalue weighted by molar-refractivity contribution is 5.30. The summed E-state index contributed by atoms with van der Waals surface area (Å²) >= 11 is 0. The lowest BCUT2D eigenvalue weighted by molar-refractivity contribution is 0.407. The van der Waals surface area contributed by atoms with E-state index in [-0.39, 0.29) is 11.9 Å². The molecule has 2 rings (SSSR count). The Bertz CT molecular complexity index is 388. The SMILES string of the molecule is COc1ccc(C(C)NCC2CCCC2)c(F)c1. The number of benzene rings is 1. The first-order valence-electron chi connectivity index (χ1n) is 6.77. The van der Waals surface area contributed by atoms with Gasteiger partial charge in [-0.15, -0.1) is 0 Å². The van der Waals surface area contributed by atoms with Gasteiger partial charge < -0.3 is 10.1 Å². The molecule has 1 aromatic carbocycles. The average molecular weight is 251 g/mol. The van der Waals surface area contributed by atoms with Crippen LogP contribution in [-0.4, -0.2) is 13.7 Å².